The molecule has 14 heavy (non-hydrogen) atoms. The summed E-state index contributed by atoms with van der Waals surface area (Å²) in [5.41, 5.74) is 0.590. The molecule has 2 aromatic rings. The number of aromatic carboxylic acids is 1. The van der Waals surface area contributed by atoms with Crippen LogP contribution in [0.1, 0.15) is 10.5 Å². The molecule has 72 valence electrons. The van der Waals surface area contributed by atoms with Crippen molar-refractivity contribution in [2.75, 3.05) is 0 Å². The number of pyridine rings is 1. The molecule has 2 heterocycles. The fourth-order valence-electron chi connectivity index (χ4n) is 1.12. The van der Waals surface area contributed by atoms with Gasteiger partial charge in [-0.1, -0.05) is 11.6 Å². The second-order valence-corrected chi connectivity index (χ2v) is 3.04. The Morgan fingerprint density at radius 1 is 1.57 bits per heavy atom. The number of rotatable bonds is 1. The molecule has 0 radical (unpaired) electrons. The Morgan fingerprint density at radius 3 is 2.93 bits per heavy atom. The monoisotopic (exact) mass is 214 g/mol. The molecule has 0 bridgehead atoms. The fourth-order valence-corrected chi connectivity index (χ4v) is 1.27. The lowest BCUT2D eigenvalue weighted by Gasteiger charge is -1.92. The average molecular weight is 215 g/mol. The topological polar surface area (TPSA) is 66.0 Å². The van der Waals surface area contributed by atoms with Crippen LogP contribution in [-0.2, 0) is 0 Å². The highest BCUT2D eigenvalue weighted by molar-refractivity contribution is 6.29. The number of carboxylic acid groups (broad SMARTS) is 1. The molecule has 0 saturated heterocycles. The van der Waals surface area contributed by atoms with Crippen molar-refractivity contribution < 1.29 is 14.3 Å². The first-order valence-electron chi connectivity index (χ1n) is 3.66. The molecule has 0 aromatic carbocycles. The third-order valence-corrected chi connectivity index (χ3v) is 2.01. The van der Waals surface area contributed by atoms with Crippen molar-refractivity contribution in [3.63, 3.8) is 0 Å². The number of fused-ring (bicyclic) bond motifs is 1. The number of nitrogens with zero attached hydrogens (tertiary/aromatic N) is 1. The number of hydrogen-bond donors (Lipinski definition) is 2. The zero-order chi connectivity index (χ0) is 10.3. The Morgan fingerprint density at radius 2 is 2.29 bits per heavy atom. The molecule has 0 aliphatic heterocycles. The standard InChI is InChI=1S/C8H4ClFN2O2/c9-7-3(10)1-4-5(12-7)2-6(11-4)8(13)14/h1-2,11H,(H,13,14). The summed E-state index contributed by atoms with van der Waals surface area (Å²) in [5.74, 6) is -1.81. The Hall–Kier alpha value is -1.62. The molecule has 0 unspecified atom stereocenters. The molecule has 0 amide bonds. The number of carboxylic acids is 1. The Bertz CT molecular complexity index is 484. The molecule has 2 N–H and O–H groups in total. The van der Waals surface area contributed by atoms with Gasteiger partial charge in [0.1, 0.15) is 5.69 Å². The maximum atomic E-state index is 12.9. The normalized spacial score (nSPS) is 10.7. The van der Waals surface area contributed by atoms with Crippen LogP contribution in [0, 0.1) is 5.82 Å². The van der Waals surface area contributed by atoms with Crippen LogP contribution in [0.2, 0.25) is 5.15 Å². The van der Waals surface area contributed by atoms with E-state index in [4.69, 9.17) is 16.7 Å². The summed E-state index contributed by atoms with van der Waals surface area (Å²) in [6.07, 6.45) is 0. The van der Waals surface area contributed by atoms with E-state index in [9.17, 15) is 9.18 Å². The summed E-state index contributed by atoms with van der Waals surface area (Å²) in [7, 11) is 0. The van der Waals surface area contributed by atoms with Crippen LogP contribution in [0.25, 0.3) is 11.0 Å². The number of aromatic nitrogens is 2. The Balaban J connectivity index is 2.72. The summed E-state index contributed by atoms with van der Waals surface area (Å²) < 4.78 is 12.9. The van der Waals surface area contributed by atoms with Gasteiger partial charge >= 0.3 is 5.97 Å². The van der Waals surface area contributed by atoms with Crippen LogP contribution < -0.4 is 0 Å². The van der Waals surface area contributed by atoms with E-state index in [1.165, 1.54) is 6.07 Å². The summed E-state index contributed by atoms with van der Waals surface area (Å²) in [5, 5.41) is 8.37. The van der Waals surface area contributed by atoms with Crippen molar-refractivity contribution in [2.45, 2.75) is 0 Å². The molecule has 0 aliphatic carbocycles. The van der Waals surface area contributed by atoms with Gasteiger partial charge in [0.2, 0.25) is 0 Å². The minimum Gasteiger partial charge on any atom is -0.477 e. The van der Waals surface area contributed by atoms with E-state index in [1.807, 2.05) is 0 Å². The van der Waals surface area contributed by atoms with Crippen molar-refractivity contribution in [1.29, 1.82) is 0 Å². The summed E-state index contributed by atoms with van der Waals surface area (Å²) in [4.78, 5) is 16.7. The van der Waals surface area contributed by atoms with Gasteiger partial charge < -0.3 is 10.1 Å². The van der Waals surface area contributed by atoms with Crippen LogP contribution in [0.4, 0.5) is 4.39 Å². The maximum Gasteiger partial charge on any atom is 0.352 e. The molecule has 0 atom stereocenters. The Kier molecular flexibility index (Phi) is 1.89. The lowest BCUT2D eigenvalue weighted by Crippen LogP contribution is -1.94. The number of aromatic amines is 1. The molecular formula is C8H4ClFN2O2. The zero-order valence-corrected chi connectivity index (χ0v) is 7.47. The quantitative estimate of drug-likeness (QED) is 0.714. The SMILES string of the molecule is O=C(O)c1cc2nc(Cl)c(F)cc2[nH]1. The molecule has 2 rings (SSSR count). The van der Waals surface area contributed by atoms with Crippen molar-refractivity contribution >= 4 is 28.6 Å². The lowest BCUT2D eigenvalue weighted by atomic mass is 10.3. The summed E-state index contributed by atoms with van der Waals surface area (Å²) >= 11 is 5.43. The lowest BCUT2D eigenvalue weighted by molar-refractivity contribution is 0.0691. The first kappa shape index (κ1) is 8.96. The van der Waals surface area contributed by atoms with Crippen LogP contribution in [0.15, 0.2) is 12.1 Å². The predicted molar refractivity (Wildman–Crippen MR) is 48.0 cm³/mol. The van der Waals surface area contributed by atoms with Gasteiger partial charge in [0.25, 0.3) is 0 Å². The van der Waals surface area contributed by atoms with Gasteiger partial charge in [0.15, 0.2) is 11.0 Å². The van der Waals surface area contributed by atoms with E-state index in [0.717, 1.165) is 6.07 Å². The van der Waals surface area contributed by atoms with Crippen LogP contribution in [0.5, 0.6) is 0 Å². The van der Waals surface area contributed by atoms with Crippen LogP contribution >= 0.6 is 11.6 Å². The molecule has 6 heteroatoms. The largest absolute Gasteiger partial charge is 0.477 e. The van der Waals surface area contributed by atoms with Crippen LogP contribution in [-0.4, -0.2) is 21.0 Å². The third-order valence-electron chi connectivity index (χ3n) is 1.74. The van der Waals surface area contributed by atoms with Gasteiger partial charge in [-0.3, -0.25) is 0 Å². The van der Waals surface area contributed by atoms with Gasteiger partial charge in [-0.05, 0) is 6.07 Å². The number of halogens is 2. The van der Waals surface area contributed by atoms with E-state index < -0.39 is 11.8 Å². The van der Waals surface area contributed by atoms with Crippen molar-refractivity contribution in [2.24, 2.45) is 0 Å². The number of carbonyl (C=O) groups is 1. The van der Waals surface area contributed by atoms with Crippen LogP contribution in [0.3, 0.4) is 0 Å². The molecule has 4 nitrogen and oxygen atoms in total. The minimum atomic E-state index is -1.13. The van der Waals surface area contributed by atoms with Gasteiger partial charge in [-0.2, -0.15) is 0 Å². The second kappa shape index (κ2) is 2.95. The smallest absolute Gasteiger partial charge is 0.352 e. The Labute approximate surface area is 82.3 Å². The molecule has 2 aromatic heterocycles. The first-order valence-corrected chi connectivity index (χ1v) is 4.04. The summed E-state index contributed by atoms with van der Waals surface area (Å²) in [6, 6.07) is 2.40. The van der Waals surface area contributed by atoms with Gasteiger partial charge in [-0.15, -0.1) is 0 Å². The van der Waals surface area contributed by atoms with E-state index in [0.29, 0.717) is 11.0 Å². The highest BCUT2D eigenvalue weighted by atomic mass is 35.5. The zero-order valence-electron chi connectivity index (χ0n) is 6.71. The van der Waals surface area contributed by atoms with E-state index in [-0.39, 0.29) is 10.8 Å². The van der Waals surface area contributed by atoms with E-state index in [1.54, 1.807) is 0 Å². The molecular weight excluding hydrogens is 211 g/mol. The third kappa shape index (κ3) is 1.31. The first-order chi connectivity index (χ1) is 6.58. The number of nitrogens with one attached hydrogen (secondary N) is 1. The molecule has 0 fully saturated rings. The van der Waals surface area contributed by atoms with Gasteiger partial charge in [-0.25, -0.2) is 14.2 Å². The summed E-state index contributed by atoms with van der Waals surface area (Å²) in [6.45, 7) is 0. The fraction of sp³-hybridized carbons (Fsp3) is 0. The van der Waals surface area contributed by atoms with Crippen molar-refractivity contribution in [3.8, 4) is 0 Å². The van der Waals surface area contributed by atoms with Crippen molar-refractivity contribution in [3.05, 3.63) is 28.8 Å². The van der Waals surface area contributed by atoms with E-state index in [2.05, 4.69) is 9.97 Å². The average Bonchev–Trinajstić information content (AvgIpc) is 2.48. The van der Waals surface area contributed by atoms with E-state index >= 15 is 0 Å². The molecule has 0 aliphatic rings. The van der Waals surface area contributed by atoms with Gasteiger partial charge in [0.05, 0.1) is 11.0 Å². The highest BCUT2D eigenvalue weighted by Gasteiger charge is 2.10. The number of H-pyrrole nitrogens is 1. The van der Waals surface area contributed by atoms with Crippen molar-refractivity contribution in [1.82, 2.24) is 9.97 Å². The van der Waals surface area contributed by atoms with Gasteiger partial charge in [0, 0.05) is 6.07 Å². The maximum absolute atomic E-state index is 12.9. The minimum absolute atomic E-state index is 0.0471. The number of hydrogen-bond acceptors (Lipinski definition) is 2. The predicted octanol–water partition coefficient (Wildman–Crippen LogP) is 2.05. The molecule has 0 spiro atoms. The highest BCUT2D eigenvalue weighted by Crippen LogP contribution is 2.19. The molecule has 0 saturated carbocycles. The second-order valence-electron chi connectivity index (χ2n) is 2.68.